The highest BCUT2D eigenvalue weighted by atomic mass is 32.2. The molecular weight excluding hydrogens is 493 g/mol. The van der Waals surface area contributed by atoms with Gasteiger partial charge in [0.2, 0.25) is 0 Å². The maximum Gasteiger partial charge on any atom is 0.534 e. The summed E-state index contributed by atoms with van der Waals surface area (Å²) in [5, 5.41) is 0. The van der Waals surface area contributed by atoms with Crippen molar-refractivity contribution >= 4 is 10.1 Å². The topological polar surface area (TPSA) is 61.8 Å². The molecule has 208 valence electrons. The highest BCUT2D eigenvalue weighted by Gasteiger charge is 2.52. The van der Waals surface area contributed by atoms with Crippen molar-refractivity contribution in [2.24, 2.45) is 22.7 Å². The van der Waals surface area contributed by atoms with Gasteiger partial charge in [-0.2, -0.15) is 21.6 Å². The first-order valence-electron chi connectivity index (χ1n) is 13.4. The fraction of sp³-hybridized carbons (Fsp3) is 0.852. The van der Waals surface area contributed by atoms with Crippen LogP contribution in [0.25, 0.3) is 0 Å². The van der Waals surface area contributed by atoms with E-state index in [2.05, 4.69) is 31.0 Å². The molecule has 1 saturated heterocycles. The lowest BCUT2D eigenvalue weighted by Gasteiger charge is -2.46. The Labute approximate surface area is 215 Å². The van der Waals surface area contributed by atoms with Crippen LogP contribution in [-0.4, -0.2) is 32.9 Å². The van der Waals surface area contributed by atoms with E-state index in [1.165, 1.54) is 11.6 Å². The molecule has 2 fully saturated rings. The maximum atomic E-state index is 13.0. The molecule has 36 heavy (non-hydrogen) atoms. The van der Waals surface area contributed by atoms with Crippen LogP contribution in [0.4, 0.5) is 13.2 Å². The molecule has 6 atom stereocenters. The van der Waals surface area contributed by atoms with Gasteiger partial charge in [-0.25, -0.2) is 0 Å². The number of hydrogen-bond acceptors (Lipinski definition) is 5. The van der Waals surface area contributed by atoms with Crippen LogP contribution < -0.4 is 0 Å². The molecular formula is C27H43F3O5S. The van der Waals surface area contributed by atoms with E-state index in [-0.39, 0.29) is 35.4 Å². The average molecular weight is 537 g/mol. The molecule has 0 spiro atoms. The Kier molecular flexibility index (Phi) is 9.31. The summed E-state index contributed by atoms with van der Waals surface area (Å²) in [7, 11) is -5.68. The third-order valence-corrected chi connectivity index (χ3v) is 10.0. The average Bonchev–Trinajstić information content (AvgIpc) is 3.08. The predicted octanol–water partition coefficient (Wildman–Crippen LogP) is 7.64. The van der Waals surface area contributed by atoms with E-state index in [9.17, 15) is 21.6 Å². The lowest BCUT2D eigenvalue weighted by Crippen LogP contribution is -2.39. The summed E-state index contributed by atoms with van der Waals surface area (Å²) in [4.78, 5) is 0. The summed E-state index contributed by atoms with van der Waals surface area (Å²) in [5.74, 6) is 0.173. The van der Waals surface area contributed by atoms with Crippen molar-refractivity contribution in [1.29, 1.82) is 0 Å². The minimum absolute atomic E-state index is 0.0128. The minimum Gasteiger partial charge on any atom is -0.380 e. The Balaban J connectivity index is 1.68. The van der Waals surface area contributed by atoms with Gasteiger partial charge >= 0.3 is 15.6 Å². The molecule has 0 aromatic rings. The molecule has 1 saturated carbocycles. The van der Waals surface area contributed by atoms with E-state index in [0.29, 0.717) is 12.8 Å². The Bertz CT molecular complexity index is 922. The van der Waals surface area contributed by atoms with Crippen molar-refractivity contribution in [2.75, 3.05) is 6.61 Å². The second kappa shape index (κ2) is 11.4. The fourth-order valence-corrected chi connectivity index (χ4v) is 6.59. The van der Waals surface area contributed by atoms with E-state index in [1.54, 1.807) is 0 Å². The predicted molar refractivity (Wildman–Crippen MR) is 133 cm³/mol. The van der Waals surface area contributed by atoms with Crippen LogP contribution in [0, 0.1) is 22.7 Å². The molecule has 9 heteroatoms. The molecule has 0 amide bonds. The van der Waals surface area contributed by atoms with Crippen molar-refractivity contribution in [2.45, 2.75) is 117 Å². The molecule has 3 aliphatic rings. The van der Waals surface area contributed by atoms with Crippen molar-refractivity contribution in [1.82, 2.24) is 0 Å². The number of hydrogen-bond donors (Lipinski definition) is 0. The molecule has 0 aromatic carbocycles. The van der Waals surface area contributed by atoms with Crippen LogP contribution in [0.1, 0.15) is 98.8 Å². The lowest BCUT2D eigenvalue weighted by atomic mass is 9.61. The van der Waals surface area contributed by atoms with Crippen LogP contribution >= 0.6 is 0 Å². The Hall–Kier alpha value is -1.06. The molecule has 1 unspecified atom stereocenters. The summed E-state index contributed by atoms with van der Waals surface area (Å²) >= 11 is 0. The summed E-state index contributed by atoms with van der Waals surface area (Å²) in [6.07, 6.45) is 12.5. The van der Waals surface area contributed by atoms with Crippen LogP contribution in [0.15, 0.2) is 23.5 Å². The second-order valence-electron chi connectivity index (χ2n) is 11.4. The smallest absolute Gasteiger partial charge is 0.380 e. The van der Waals surface area contributed by atoms with Gasteiger partial charge in [-0.3, -0.25) is 0 Å². The molecule has 1 heterocycles. The third kappa shape index (κ3) is 6.32. The number of rotatable bonds is 9. The van der Waals surface area contributed by atoms with Gasteiger partial charge in [0.1, 0.15) is 5.76 Å². The third-order valence-electron chi connectivity index (χ3n) is 9.07. The molecule has 1 aliphatic heterocycles. The van der Waals surface area contributed by atoms with Gasteiger partial charge in [0, 0.05) is 12.0 Å². The zero-order chi connectivity index (χ0) is 26.8. The second-order valence-corrected chi connectivity index (χ2v) is 12.9. The molecule has 0 aromatic heterocycles. The van der Waals surface area contributed by atoms with E-state index in [4.69, 9.17) is 9.47 Å². The first-order chi connectivity index (χ1) is 16.7. The highest BCUT2D eigenvalue weighted by Crippen LogP contribution is 2.53. The Morgan fingerprint density at radius 1 is 1.25 bits per heavy atom. The van der Waals surface area contributed by atoms with Gasteiger partial charge in [-0.05, 0) is 87.5 Å². The summed E-state index contributed by atoms with van der Waals surface area (Å²) in [6, 6.07) is 0. The largest absolute Gasteiger partial charge is 0.534 e. The van der Waals surface area contributed by atoms with Crippen molar-refractivity contribution in [3.63, 3.8) is 0 Å². The highest BCUT2D eigenvalue weighted by molar-refractivity contribution is 7.87. The van der Waals surface area contributed by atoms with Gasteiger partial charge < -0.3 is 13.7 Å². The lowest BCUT2D eigenvalue weighted by molar-refractivity contribution is -0.193. The first kappa shape index (κ1) is 29.5. The van der Waals surface area contributed by atoms with E-state index >= 15 is 0 Å². The number of allylic oxidation sites excluding steroid dienone is 3. The molecule has 0 bridgehead atoms. The summed E-state index contributed by atoms with van der Waals surface area (Å²) < 4.78 is 79.1. The minimum atomic E-state index is -5.68. The van der Waals surface area contributed by atoms with Crippen molar-refractivity contribution in [3.8, 4) is 0 Å². The van der Waals surface area contributed by atoms with Crippen LogP contribution in [-0.2, 0) is 23.8 Å². The normalized spacial score (nSPS) is 36.1. The SMILES string of the molecule is CC/C=C1/C[C@@H](OC2CCCCO2)CC[C@]1(C)[C@H](C)CC[C@]1(C)C(OS(=O)(=O)C(F)(F)F)=CC[C@H]1C. The first-order valence-corrected chi connectivity index (χ1v) is 14.8. The Morgan fingerprint density at radius 3 is 2.58 bits per heavy atom. The maximum absolute atomic E-state index is 13.0. The summed E-state index contributed by atoms with van der Waals surface area (Å²) in [6.45, 7) is 11.1. The van der Waals surface area contributed by atoms with Crippen LogP contribution in [0.5, 0.6) is 0 Å². The van der Waals surface area contributed by atoms with Crippen molar-refractivity contribution < 1.29 is 35.2 Å². The quantitative estimate of drug-likeness (QED) is 0.172. The molecule has 2 aliphatic carbocycles. The Morgan fingerprint density at radius 2 is 1.97 bits per heavy atom. The number of ether oxygens (including phenoxy) is 2. The molecule has 5 nitrogen and oxygen atoms in total. The van der Waals surface area contributed by atoms with Crippen LogP contribution in [0.2, 0.25) is 0 Å². The summed E-state index contributed by atoms with van der Waals surface area (Å²) in [5.41, 5.74) is -4.88. The standard InChI is InChI=1S/C27H43F3O5S/c1-6-9-21-18-22(34-24-10-7-8-17-33-24)14-16-25(21,4)20(3)13-15-26(5)19(2)11-12-23(26)35-36(31,32)27(28,29)30/h9,12,19-20,22,24H,6-8,10-11,13-18H2,1-5H3/b21-9-/t19-,20-,22+,24?,25-,26+/m1/s1. The zero-order valence-electron chi connectivity index (χ0n) is 22.3. The van der Waals surface area contributed by atoms with Crippen LogP contribution in [0.3, 0.4) is 0 Å². The van der Waals surface area contributed by atoms with Gasteiger partial charge in [0.15, 0.2) is 6.29 Å². The fourth-order valence-electron chi connectivity index (χ4n) is 6.00. The van der Waals surface area contributed by atoms with Gasteiger partial charge in [-0.15, -0.1) is 0 Å². The molecule has 0 N–H and O–H groups in total. The molecule has 3 rings (SSSR count). The number of alkyl halides is 3. The number of halogens is 3. The monoisotopic (exact) mass is 536 g/mol. The van der Waals surface area contributed by atoms with Gasteiger partial charge in [0.05, 0.1) is 6.10 Å². The van der Waals surface area contributed by atoms with Crippen molar-refractivity contribution in [3.05, 3.63) is 23.5 Å². The van der Waals surface area contributed by atoms with E-state index in [1.807, 2.05) is 13.8 Å². The van der Waals surface area contributed by atoms with E-state index in [0.717, 1.165) is 58.0 Å². The van der Waals surface area contributed by atoms with E-state index < -0.39 is 21.0 Å². The van der Waals surface area contributed by atoms with Gasteiger partial charge in [0.25, 0.3) is 0 Å². The zero-order valence-corrected chi connectivity index (χ0v) is 23.1. The molecule has 0 radical (unpaired) electrons. The van der Waals surface area contributed by atoms with Gasteiger partial charge in [-0.1, -0.05) is 46.3 Å².